The number of para-hydroxylation sites is 3. The Kier molecular flexibility index (Phi) is 8.34. The molecule has 0 fully saturated rings. The maximum Gasteiger partial charge on any atom is 0.145 e. The largest absolute Gasteiger partial charge is 0.309 e. The van der Waals surface area contributed by atoms with E-state index in [1.54, 1.807) is 0 Å². The van der Waals surface area contributed by atoms with Crippen LogP contribution in [0.2, 0.25) is 0 Å². The number of imidazole rings is 1. The summed E-state index contributed by atoms with van der Waals surface area (Å²) in [6.07, 6.45) is 11.2. The van der Waals surface area contributed by atoms with Crippen LogP contribution in [0.3, 0.4) is 0 Å². The summed E-state index contributed by atoms with van der Waals surface area (Å²) in [5.41, 5.74) is 17.9. The van der Waals surface area contributed by atoms with Crippen molar-refractivity contribution in [2.24, 2.45) is 0 Å². The van der Waals surface area contributed by atoms with E-state index in [2.05, 4.69) is 197 Å². The Labute approximate surface area is 343 Å². The van der Waals surface area contributed by atoms with Crippen molar-refractivity contribution in [2.45, 2.75) is 6.42 Å². The van der Waals surface area contributed by atoms with Crippen LogP contribution in [0.15, 0.2) is 213 Å². The molecule has 0 spiro atoms. The van der Waals surface area contributed by atoms with Crippen molar-refractivity contribution in [2.75, 3.05) is 0 Å². The molecule has 4 heteroatoms. The Balaban J connectivity index is 0.996. The van der Waals surface area contributed by atoms with Crippen molar-refractivity contribution < 1.29 is 0 Å². The maximum atomic E-state index is 5.14. The lowest BCUT2D eigenvalue weighted by Gasteiger charge is -2.16. The predicted octanol–water partition coefficient (Wildman–Crippen LogP) is 13.9. The van der Waals surface area contributed by atoms with Gasteiger partial charge in [0.1, 0.15) is 5.82 Å². The molecule has 4 nitrogen and oxygen atoms in total. The molecule has 1 aliphatic carbocycles. The van der Waals surface area contributed by atoms with Crippen LogP contribution in [0, 0.1) is 0 Å². The minimum atomic E-state index is 0.879. The molecule has 0 atom stereocenters. The summed E-state index contributed by atoms with van der Waals surface area (Å²) in [7, 11) is 0. The van der Waals surface area contributed by atoms with Crippen LogP contribution < -0.4 is 0 Å². The van der Waals surface area contributed by atoms with Gasteiger partial charge in [-0.2, -0.15) is 0 Å². The predicted molar refractivity (Wildman–Crippen MR) is 246 cm³/mol. The van der Waals surface area contributed by atoms with Gasteiger partial charge in [0.15, 0.2) is 0 Å². The highest BCUT2D eigenvalue weighted by molar-refractivity contribution is 6.10. The number of rotatable bonds is 5. The van der Waals surface area contributed by atoms with Crippen LogP contribution in [-0.2, 0) is 6.42 Å². The molecule has 59 heavy (non-hydrogen) atoms. The molecule has 0 saturated heterocycles. The van der Waals surface area contributed by atoms with Crippen LogP contribution in [-0.4, -0.2) is 19.1 Å². The molecule has 1 aliphatic rings. The molecule has 278 valence electrons. The van der Waals surface area contributed by atoms with Crippen molar-refractivity contribution in [3.05, 3.63) is 224 Å². The zero-order valence-corrected chi connectivity index (χ0v) is 32.3. The van der Waals surface area contributed by atoms with Crippen molar-refractivity contribution >= 4 is 38.4 Å². The van der Waals surface area contributed by atoms with Gasteiger partial charge in [-0.05, 0) is 118 Å². The van der Waals surface area contributed by atoms with E-state index in [1.165, 1.54) is 49.6 Å². The van der Waals surface area contributed by atoms with Gasteiger partial charge in [-0.15, -0.1) is 0 Å². The monoisotopic (exact) mass is 754 g/mol. The van der Waals surface area contributed by atoms with Crippen LogP contribution in [0.4, 0.5) is 0 Å². The number of aromatic nitrogens is 4. The number of hydrogen-bond acceptors (Lipinski definition) is 2. The molecule has 11 rings (SSSR count). The van der Waals surface area contributed by atoms with Crippen LogP contribution in [0.1, 0.15) is 11.1 Å². The lowest BCUT2D eigenvalue weighted by molar-refractivity contribution is 1.09. The number of allylic oxidation sites excluding steroid dienone is 5. The van der Waals surface area contributed by atoms with Crippen molar-refractivity contribution in [3.63, 3.8) is 0 Å². The Hall–Kier alpha value is -7.82. The van der Waals surface area contributed by atoms with Crippen molar-refractivity contribution in [3.8, 4) is 56.3 Å². The van der Waals surface area contributed by atoms with Gasteiger partial charge in [0.25, 0.3) is 0 Å². The van der Waals surface area contributed by atoms with Crippen LogP contribution in [0.5, 0.6) is 0 Å². The van der Waals surface area contributed by atoms with E-state index >= 15 is 0 Å². The summed E-state index contributed by atoms with van der Waals surface area (Å²) in [5, 5.41) is 2.44. The summed E-state index contributed by atoms with van der Waals surface area (Å²) < 4.78 is 4.65. The second kappa shape index (κ2) is 14.3. The Morgan fingerprint density at radius 1 is 0.475 bits per heavy atom. The molecular weight excluding hydrogens is 717 g/mol. The molecule has 0 amide bonds. The second-order valence-electron chi connectivity index (χ2n) is 15.1. The van der Waals surface area contributed by atoms with Gasteiger partial charge < -0.3 is 4.57 Å². The van der Waals surface area contributed by atoms with Crippen LogP contribution >= 0.6 is 0 Å². The fraction of sp³-hybridized carbons (Fsp3) is 0.0182. The average molecular weight is 755 g/mol. The lowest BCUT2D eigenvalue weighted by Crippen LogP contribution is -1.99. The van der Waals surface area contributed by atoms with E-state index in [0.717, 1.165) is 62.6 Å². The lowest BCUT2D eigenvalue weighted by atomic mass is 9.88. The molecule has 0 N–H and O–H groups in total. The summed E-state index contributed by atoms with van der Waals surface area (Å²) >= 11 is 0. The van der Waals surface area contributed by atoms with Gasteiger partial charge in [0.2, 0.25) is 0 Å². The van der Waals surface area contributed by atoms with E-state index < -0.39 is 0 Å². The maximum absolute atomic E-state index is 5.14. The number of benzene rings is 7. The molecule has 0 unspecified atom stereocenters. The van der Waals surface area contributed by atoms with Gasteiger partial charge in [-0.3, -0.25) is 9.55 Å². The van der Waals surface area contributed by atoms with Crippen molar-refractivity contribution in [1.82, 2.24) is 19.1 Å². The number of fused-ring (bicyclic) bond motifs is 7. The molecule has 0 saturated carbocycles. The molecule has 7 aromatic carbocycles. The highest BCUT2D eigenvalue weighted by atomic mass is 15.1. The molecule has 10 aromatic rings. The van der Waals surface area contributed by atoms with Gasteiger partial charge in [0.05, 0.1) is 27.8 Å². The Bertz CT molecular complexity index is 3290. The minimum Gasteiger partial charge on any atom is -0.309 e. The second-order valence-corrected chi connectivity index (χ2v) is 15.1. The standard InChI is InChI=1S/C55H38N4/c1-37-13-3-2-4-14-38-15-5-6-16-46(38)48-35-41(26-32-45(37)48)42-27-33-53-49(36-42)47-17-7-9-20-52(47)58(53)43-28-30-44(31-29-43)59-54-21-10-8-19-51(54)57-55(59)40-24-22-39(23-25-40)50-18-11-12-34-56-50/h2-13,15-36H,1,14H2/b4-2-,13-3-. The molecule has 3 heterocycles. The third-order valence-electron chi connectivity index (χ3n) is 11.6. The van der Waals surface area contributed by atoms with Gasteiger partial charge in [0, 0.05) is 39.5 Å². The fourth-order valence-corrected chi connectivity index (χ4v) is 8.71. The van der Waals surface area contributed by atoms with E-state index in [0.29, 0.717) is 0 Å². The molecule has 0 aliphatic heterocycles. The van der Waals surface area contributed by atoms with Gasteiger partial charge >= 0.3 is 0 Å². The third kappa shape index (κ3) is 6.01. The molecule has 0 bridgehead atoms. The number of pyridine rings is 1. The normalized spacial score (nSPS) is 13.7. The average Bonchev–Trinajstić information content (AvgIpc) is 3.85. The quantitative estimate of drug-likeness (QED) is 0.175. The van der Waals surface area contributed by atoms with E-state index in [-0.39, 0.29) is 0 Å². The first-order valence-electron chi connectivity index (χ1n) is 20.1. The Morgan fingerprint density at radius 3 is 2.00 bits per heavy atom. The highest BCUT2D eigenvalue weighted by Gasteiger charge is 2.18. The molecule has 0 radical (unpaired) electrons. The molecule has 3 aromatic heterocycles. The minimum absolute atomic E-state index is 0.879. The number of nitrogens with zero attached hydrogens (tertiary/aromatic N) is 4. The smallest absolute Gasteiger partial charge is 0.145 e. The van der Waals surface area contributed by atoms with E-state index in [1.807, 2.05) is 30.5 Å². The van der Waals surface area contributed by atoms with Gasteiger partial charge in [-0.25, -0.2) is 4.98 Å². The first-order chi connectivity index (χ1) is 29.2. The zero-order chi connectivity index (χ0) is 39.3. The van der Waals surface area contributed by atoms with Crippen molar-refractivity contribution in [1.29, 1.82) is 0 Å². The summed E-state index contributed by atoms with van der Waals surface area (Å²) in [6.45, 7) is 4.45. The molecular formula is C55H38N4. The van der Waals surface area contributed by atoms with Crippen LogP contribution in [0.25, 0.3) is 94.7 Å². The zero-order valence-electron chi connectivity index (χ0n) is 32.3. The fourth-order valence-electron chi connectivity index (χ4n) is 8.71. The van der Waals surface area contributed by atoms with E-state index in [4.69, 9.17) is 4.98 Å². The topological polar surface area (TPSA) is 35.6 Å². The first kappa shape index (κ1) is 34.4. The summed E-state index contributed by atoms with van der Waals surface area (Å²) in [4.78, 5) is 9.68. The summed E-state index contributed by atoms with van der Waals surface area (Å²) in [6, 6.07) is 62.9. The summed E-state index contributed by atoms with van der Waals surface area (Å²) in [5.74, 6) is 0.899. The first-order valence-corrected chi connectivity index (χ1v) is 20.1. The van der Waals surface area contributed by atoms with E-state index in [9.17, 15) is 0 Å². The Morgan fingerprint density at radius 2 is 1.15 bits per heavy atom. The number of hydrogen-bond donors (Lipinski definition) is 0. The third-order valence-corrected chi connectivity index (χ3v) is 11.6. The SMILES string of the molecule is C=C1/C=C\C=C/Cc2ccccc2-c2cc(-c3ccc4c(c3)c3ccccc3n4-c3ccc(-n4c(-c5ccc(-c6ccccn6)cc5)nc5ccccc54)cc3)ccc21. The van der Waals surface area contributed by atoms with Gasteiger partial charge in [-0.1, -0.05) is 134 Å². The highest BCUT2D eigenvalue weighted by Crippen LogP contribution is 2.39.